The minimum absolute atomic E-state index is 0.407. The van der Waals surface area contributed by atoms with Crippen molar-refractivity contribution in [2.75, 3.05) is 25.6 Å². The molecule has 3 amide bonds. The van der Waals surface area contributed by atoms with E-state index >= 15 is 0 Å². The summed E-state index contributed by atoms with van der Waals surface area (Å²) in [6, 6.07) is 6.15. The van der Waals surface area contributed by atoms with Gasteiger partial charge >= 0.3 is 6.03 Å². The molecule has 7 nitrogen and oxygen atoms in total. The zero-order valence-electron chi connectivity index (χ0n) is 14.9. The van der Waals surface area contributed by atoms with Gasteiger partial charge in [-0.05, 0) is 39.8 Å². The normalized spacial score (nSPS) is 12.2. The van der Waals surface area contributed by atoms with E-state index < -0.39 is 23.5 Å². The van der Waals surface area contributed by atoms with Crippen LogP contribution in [0, 0.1) is 0 Å². The van der Waals surface area contributed by atoms with Crippen LogP contribution in [0.2, 0.25) is 0 Å². The van der Waals surface area contributed by atoms with E-state index in [1.165, 1.54) is 0 Å². The molecule has 1 aromatic carbocycles. The number of hydrogen-bond acceptors (Lipinski definition) is 5. The SMILES string of the molecule is COCCOc1ccccc1N[C@@H](C)C(=O)NC(=O)NC(C)(C)C. The third kappa shape index (κ3) is 7.32. The molecule has 0 heterocycles. The van der Waals surface area contributed by atoms with E-state index in [0.29, 0.717) is 24.7 Å². The van der Waals surface area contributed by atoms with Crippen LogP contribution >= 0.6 is 0 Å². The molecular weight excluding hydrogens is 310 g/mol. The molecule has 0 aliphatic rings. The Morgan fingerprint density at radius 2 is 1.83 bits per heavy atom. The molecule has 1 rings (SSSR count). The third-order valence-electron chi connectivity index (χ3n) is 2.92. The number of para-hydroxylation sites is 2. The smallest absolute Gasteiger partial charge is 0.321 e. The van der Waals surface area contributed by atoms with Crippen LogP contribution < -0.4 is 20.7 Å². The van der Waals surface area contributed by atoms with Gasteiger partial charge in [0.05, 0.1) is 12.3 Å². The molecule has 0 radical (unpaired) electrons. The van der Waals surface area contributed by atoms with E-state index in [1.807, 2.05) is 32.9 Å². The molecule has 0 unspecified atom stereocenters. The number of anilines is 1. The van der Waals surface area contributed by atoms with Gasteiger partial charge in [0.2, 0.25) is 5.91 Å². The minimum atomic E-state index is -0.608. The predicted octanol–water partition coefficient (Wildman–Crippen LogP) is 2.14. The Morgan fingerprint density at radius 1 is 1.17 bits per heavy atom. The Labute approximate surface area is 143 Å². The van der Waals surface area contributed by atoms with Crippen molar-refractivity contribution in [2.24, 2.45) is 0 Å². The van der Waals surface area contributed by atoms with Crippen LogP contribution in [-0.4, -0.2) is 43.8 Å². The highest BCUT2D eigenvalue weighted by atomic mass is 16.5. The first-order valence-electron chi connectivity index (χ1n) is 7.83. The van der Waals surface area contributed by atoms with Crippen molar-refractivity contribution >= 4 is 17.6 Å². The van der Waals surface area contributed by atoms with Gasteiger partial charge in [0.15, 0.2) is 0 Å². The summed E-state index contributed by atoms with van der Waals surface area (Å²) in [5.41, 5.74) is 0.260. The summed E-state index contributed by atoms with van der Waals surface area (Å²) < 4.78 is 10.6. The molecule has 0 saturated carbocycles. The molecule has 0 aromatic heterocycles. The number of nitrogens with one attached hydrogen (secondary N) is 3. The third-order valence-corrected chi connectivity index (χ3v) is 2.92. The van der Waals surface area contributed by atoms with Gasteiger partial charge < -0.3 is 20.1 Å². The first-order valence-corrected chi connectivity index (χ1v) is 7.83. The predicted molar refractivity (Wildman–Crippen MR) is 93.3 cm³/mol. The summed E-state index contributed by atoms with van der Waals surface area (Å²) in [4.78, 5) is 23.9. The summed E-state index contributed by atoms with van der Waals surface area (Å²) in [6.45, 7) is 8.07. The van der Waals surface area contributed by atoms with E-state index in [4.69, 9.17) is 9.47 Å². The molecule has 0 fully saturated rings. The van der Waals surface area contributed by atoms with Crippen LogP contribution in [0.1, 0.15) is 27.7 Å². The average molecular weight is 337 g/mol. The number of benzene rings is 1. The Balaban J connectivity index is 2.62. The fraction of sp³-hybridized carbons (Fsp3) is 0.529. The summed E-state index contributed by atoms with van der Waals surface area (Å²) in [7, 11) is 1.60. The molecule has 0 bridgehead atoms. The van der Waals surface area contributed by atoms with Crippen LogP contribution in [-0.2, 0) is 9.53 Å². The first kappa shape index (κ1) is 19.8. The molecular formula is C17H27N3O4. The zero-order valence-corrected chi connectivity index (χ0v) is 14.9. The van der Waals surface area contributed by atoms with Gasteiger partial charge in [-0.3, -0.25) is 10.1 Å². The van der Waals surface area contributed by atoms with E-state index in [1.54, 1.807) is 26.2 Å². The summed E-state index contributed by atoms with van der Waals surface area (Å²) in [5.74, 6) is 0.191. The number of urea groups is 1. The largest absolute Gasteiger partial charge is 0.489 e. The second kappa shape index (κ2) is 9.12. The van der Waals surface area contributed by atoms with Crippen molar-refractivity contribution in [3.63, 3.8) is 0 Å². The molecule has 1 atom stereocenters. The van der Waals surface area contributed by atoms with Crippen molar-refractivity contribution < 1.29 is 19.1 Å². The molecule has 3 N–H and O–H groups in total. The lowest BCUT2D eigenvalue weighted by atomic mass is 10.1. The number of rotatable bonds is 7. The number of carbonyl (C=O) groups is 2. The van der Waals surface area contributed by atoms with Gasteiger partial charge in [-0.25, -0.2) is 4.79 Å². The van der Waals surface area contributed by atoms with Crippen molar-refractivity contribution in [3.8, 4) is 5.75 Å². The number of amides is 3. The fourth-order valence-corrected chi connectivity index (χ4v) is 1.84. The van der Waals surface area contributed by atoms with Crippen LogP contribution in [0.5, 0.6) is 5.75 Å². The standard InChI is InChI=1S/C17H27N3O4/c1-12(15(21)19-16(22)20-17(2,3)4)18-13-8-6-7-9-14(13)24-11-10-23-5/h6-9,12,18H,10-11H2,1-5H3,(H2,19,20,21,22)/t12-/m0/s1. The van der Waals surface area contributed by atoms with Crippen LogP contribution in [0.15, 0.2) is 24.3 Å². The molecule has 7 heteroatoms. The lowest BCUT2D eigenvalue weighted by molar-refractivity contribution is -0.120. The highest BCUT2D eigenvalue weighted by Gasteiger charge is 2.20. The lowest BCUT2D eigenvalue weighted by Crippen LogP contribution is -2.51. The van der Waals surface area contributed by atoms with Crippen LogP contribution in [0.3, 0.4) is 0 Å². The average Bonchev–Trinajstić information content (AvgIpc) is 2.47. The van der Waals surface area contributed by atoms with Crippen LogP contribution in [0.25, 0.3) is 0 Å². The van der Waals surface area contributed by atoms with E-state index in [2.05, 4.69) is 16.0 Å². The first-order chi connectivity index (χ1) is 11.2. The van der Waals surface area contributed by atoms with Gasteiger partial charge in [-0.1, -0.05) is 12.1 Å². The van der Waals surface area contributed by atoms with E-state index in [-0.39, 0.29) is 0 Å². The maximum Gasteiger partial charge on any atom is 0.321 e. The molecule has 1 aromatic rings. The van der Waals surface area contributed by atoms with E-state index in [9.17, 15) is 9.59 Å². The molecule has 0 saturated heterocycles. The number of carbonyl (C=O) groups excluding carboxylic acids is 2. The quantitative estimate of drug-likeness (QED) is 0.663. The Kier molecular flexibility index (Phi) is 7.51. The zero-order chi connectivity index (χ0) is 18.2. The molecule has 134 valence electrons. The molecule has 0 aliphatic carbocycles. The monoisotopic (exact) mass is 337 g/mol. The molecule has 24 heavy (non-hydrogen) atoms. The summed E-state index contributed by atoms with van der Waals surface area (Å²) >= 11 is 0. The highest BCUT2D eigenvalue weighted by Crippen LogP contribution is 2.24. The number of methoxy groups -OCH3 is 1. The maximum atomic E-state index is 12.1. The second-order valence-corrected chi connectivity index (χ2v) is 6.40. The Bertz CT molecular complexity index is 555. The van der Waals surface area contributed by atoms with Crippen molar-refractivity contribution in [1.29, 1.82) is 0 Å². The van der Waals surface area contributed by atoms with Crippen LogP contribution in [0.4, 0.5) is 10.5 Å². The maximum absolute atomic E-state index is 12.1. The lowest BCUT2D eigenvalue weighted by Gasteiger charge is -2.22. The molecule has 0 spiro atoms. The highest BCUT2D eigenvalue weighted by molar-refractivity contribution is 5.98. The van der Waals surface area contributed by atoms with E-state index in [0.717, 1.165) is 0 Å². The Morgan fingerprint density at radius 3 is 2.46 bits per heavy atom. The summed E-state index contributed by atoms with van der Waals surface area (Å²) in [5, 5.41) is 8.04. The number of imide groups is 1. The van der Waals surface area contributed by atoms with Gasteiger partial charge in [0, 0.05) is 12.6 Å². The molecule has 0 aliphatic heterocycles. The Hall–Kier alpha value is -2.28. The van der Waals surface area contributed by atoms with Crippen molar-refractivity contribution in [1.82, 2.24) is 10.6 Å². The van der Waals surface area contributed by atoms with Gasteiger partial charge in [-0.2, -0.15) is 0 Å². The number of ether oxygens (including phenoxy) is 2. The van der Waals surface area contributed by atoms with Gasteiger partial charge in [-0.15, -0.1) is 0 Å². The second-order valence-electron chi connectivity index (χ2n) is 6.40. The van der Waals surface area contributed by atoms with Gasteiger partial charge in [0.25, 0.3) is 0 Å². The van der Waals surface area contributed by atoms with Crippen molar-refractivity contribution in [2.45, 2.75) is 39.3 Å². The summed E-state index contributed by atoms with van der Waals surface area (Å²) in [6.07, 6.45) is 0. The fourth-order valence-electron chi connectivity index (χ4n) is 1.84. The van der Waals surface area contributed by atoms with Crippen molar-refractivity contribution in [3.05, 3.63) is 24.3 Å². The number of hydrogen-bond donors (Lipinski definition) is 3. The van der Waals surface area contributed by atoms with Gasteiger partial charge in [0.1, 0.15) is 18.4 Å². The topological polar surface area (TPSA) is 88.7 Å². The minimum Gasteiger partial charge on any atom is -0.489 e.